The molecule has 158 valence electrons. The molecule has 2 heterocycles. The topological polar surface area (TPSA) is 84.1 Å². The Bertz CT molecular complexity index is 1060. The highest BCUT2D eigenvalue weighted by Gasteiger charge is 2.36. The number of hydrogen-bond acceptors (Lipinski definition) is 6. The van der Waals surface area contributed by atoms with Crippen molar-refractivity contribution in [1.29, 1.82) is 0 Å². The maximum Gasteiger partial charge on any atom is 0.337 e. The number of fused-ring (bicyclic) bond motifs is 1. The van der Waals surface area contributed by atoms with Gasteiger partial charge in [0.05, 0.1) is 17.1 Å². The van der Waals surface area contributed by atoms with E-state index >= 15 is 0 Å². The van der Waals surface area contributed by atoms with Crippen molar-refractivity contribution in [3.63, 3.8) is 0 Å². The van der Waals surface area contributed by atoms with E-state index in [1.54, 1.807) is 19.1 Å². The number of nitrogens with zero attached hydrogens (tertiary/aromatic N) is 1. The lowest BCUT2D eigenvalue weighted by atomic mass is 9.82. The predicted molar refractivity (Wildman–Crippen MR) is 116 cm³/mol. The largest absolute Gasteiger partial charge is 0.458 e. The van der Waals surface area contributed by atoms with Crippen LogP contribution in [-0.2, 0) is 9.53 Å². The van der Waals surface area contributed by atoms with E-state index in [1.807, 2.05) is 0 Å². The summed E-state index contributed by atoms with van der Waals surface area (Å²) in [6.07, 6.45) is 1.46. The minimum absolute atomic E-state index is 0.0255. The van der Waals surface area contributed by atoms with Gasteiger partial charge in [-0.1, -0.05) is 50.4 Å². The fourth-order valence-electron chi connectivity index (χ4n) is 3.25. The Hall–Kier alpha value is -2.87. The van der Waals surface area contributed by atoms with Gasteiger partial charge in [-0.15, -0.1) is 0 Å². The number of ether oxygens (including phenoxy) is 1. The number of nitrogens with one attached hydrogen (secondary N) is 2. The Morgan fingerprint density at radius 2 is 2.20 bits per heavy atom. The van der Waals surface area contributed by atoms with Gasteiger partial charge in [-0.05, 0) is 30.5 Å². The van der Waals surface area contributed by atoms with Gasteiger partial charge in [0, 0.05) is 11.4 Å². The number of aromatic nitrogens is 2. The molecule has 0 saturated heterocycles. The van der Waals surface area contributed by atoms with E-state index in [-0.39, 0.29) is 23.3 Å². The highest BCUT2D eigenvalue weighted by Crippen LogP contribution is 2.40. The lowest BCUT2D eigenvalue weighted by Gasteiger charge is -2.28. The first kappa shape index (κ1) is 21.8. The summed E-state index contributed by atoms with van der Waals surface area (Å²) in [7, 11) is 0. The van der Waals surface area contributed by atoms with E-state index in [0.29, 0.717) is 28.2 Å². The number of anilines is 1. The van der Waals surface area contributed by atoms with Gasteiger partial charge < -0.3 is 15.0 Å². The molecule has 0 spiro atoms. The summed E-state index contributed by atoms with van der Waals surface area (Å²) in [5.74, 6) is -0.290. The van der Waals surface area contributed by atoms with Crippen molar-refractivity contribution in [1.82, 2.24) is 9.97 Å². The van der Waals surface area contributed by atoms with Gasteiger partial charge in [0.2, 0.25) is 0 Å². The quantitative estimate of drug-likeness (QED) is 0.297. The summed E-state index contributed by atoms with van der Waals surface area (Å²) < 4.78 is 19.2. The van der Waals surface area contributed by atoms with Crippen molar-refractivity contribution in [3.8, 4) is 0 Å². The van der Waals surface area contributed by atoms with Crippen LogP contribution < -0.4 is 10.9 Å². The SMILES string of the molecule is C=CCOC(=O)C1=C(C)Nc2nc(SCC(C)C)[nH]c(=O)c2[C@@H]1c1cccc(F)c1. The molecule has 0 unspecified atom stereocenters. The number of aromatic amines is 1. The molecule has 1 aliphatic heterocycles. The van der Waals surface area contributed by atoms with Crippen LogP contribution in [0.4, 0.5) is 10.2 Å². The number of benzene rings is 1. The second-order valence-electron chi connectivity index (χ2n) is 7.38. The average molecular weight is 430 g/mol. The molecule has 1 aliphatic rings. The molecule has 30 heavy (non-hydrogen) atoms. The molecule has 0 saturated carbocycles. The molecule has 0 bridgehead atoms. The van der Waals surface area contributed by atoms with E-state index < -0.39 is 17.7 Å². The number of esters is 1. The zero-order valence-electron chi connectivity index (χ0n) is 17.1. The summed E-state index contributed by atoms with van der Waals surface area (Å²) in [6.45, 7) is 9.44. The summed E-state index contributed by atoms with van der Waals surface area (Å²) in [5, 5.41) is 3.55. The van der Waals surface area contributed by atoms with Gasteiger partial charge in [-0.2, -0.15) is 0 Å². The van der Waals surface area contributed by atoms with Crippen LogP contribution in [0.3, 0.4) is 0 Å². The van der Waals surface area contributed by atoms with E-state index in [0.717, 1.165) is 5.75 Å². The maximum absolute atomic E-state index is 14.0. The number of H-pyrrole nitrogens is 1. The van der Waals surface area contributed by atoms with Crippen LogP contribution in [0.25, 0.3) is 0 Å². The van der Waals surface area contributed by atoms with Crippen LogP contribution in [0.5, 0.6) is 0 Å². The van der Waals surface area contributed by atoms with Crippen molar-refractivity contribution in [3.05, 3.63) is 75.5 Å². The van der Waals surface area contributed by atoms with Crippen LogP contribution in [-0.4, -0.2) is 28.3 Å². The third kappa shape index (κ3) is 4.64. The summed E-state index contributed by atoms with van der Waals surface area (Å²) in [5.41, 5.74) is 1.09. The number of carbonyl (C=O) groups is 1. The zero-order chi connectivity index (χ0) is 21.8. The van der Waals surface area contributed by atoms with E-state index in [1.165, 1.54) is 30.0 Å². The zero-order valence-corrected chi connectivity index (χ0v) is 17.9. The highest BCUT2D eigenvalue weighted by atomic mass is 32.2. The third-order valence-electron chi connectivity index (χ3n) is 4.51. The first-order chi connectivity index (χ1) is 14.3. The van der Waals surface area contributed by atoms with Crippen LogP contribution >= 0.6 is 11.8 Å². The summed E-state index contributed by atoms with van der Waals surface area (Å²) in [6, 6.07) is 5.85. The lowest BCUT2D eigenvalue weighted by molar-refractivity contribution is -0.138. The molecule has 8 heteroatoms. The van der Waals surface area contributed by atoms with E-state index in [9.17, 15) is 14.0 Å². The molecule has 1 aromatic heterocycles. The first-order valence-corrected chi connectivity index (χ1v) is 10.6. The summed E-state index contributed by atoms with van der Waals surface area (Å²) >= 11 is 1.45. The smallest absolute Gasteiger partial charge is 0.337 e. The maximum atomic E-state index is 14.0. The minimum atomic E-state index is -0.810. The monoisotopic (exact) mass is 429 g/mol. The van der Waals surface area contributed by atoms with Gasteiger partial charge in [0.25, 0.3) is 5.56 Å². The molecule has 1 atom stereocenters. The third-order valence-corrected chi connectivity index (χ3v) is 5.81. The molecule has 0 fully saturated rings. The Morgan fingerprint density at radius 1 is 1.43 bits per heavy atom. The standard InChI is InChI=1S/C22H24FN3O3S/c1-5-9-29-21(28)16-13(4)24-19-18(17(16)14-7-6-8-15(23)10-14)20(27)26-22(25-19)30-11-12(2)3/h5-8,10,12,17H,1,9,11H2,2-4H3,(H2,24,25,26,27)/t17-/m1/s1. The number of rotatable bonds is 7. The Kier molecular flexibility index (Phi) is 6.77. The average Bonchev–Trinajstić information content (AvgIpc) is 2.69. The number of halogens is 1. The van der Waals surface area contributed by atoms with Crippen LogP contribution in [0.2, 0.25) is 0 Å². The minimum Gasteiger partial charge on any atom is -0.458 e. The molecule has 1 aromatic carbocycles. The second-order valence-corrected chi connectivity index (χ2v) is 8.39. The summed E-state index contributed by atoms with van der Waals surface area (Å²) in [4.78, 5) is 33.2. The van der Waals surface area contributed by atoms with Crippen molar-refractivity contribution in [2.24, 2.45) is 5.92 Å². The molecule has 0 radical (unpaired) electrons. The van der Waals surface area contributed by atoms with E-state index in [4.69, 9.17) is 4.74 Å². The van der Waals surface area contributed by atoms with Gasteiger partial charge in [0.1, 0.15) is 18.2 Å². The fraction of sp³-hybridized carbons (Fsp3) is 0.318. The van der Waals surface area contributed by atoms with Crippen molar-refractivity contribution >= 4 is 23.5 Å². The predicted octanol–water partition coefficient (Wildman–Crippen LogP) is 4.22. The van der Waals surface area contributed by atoms with Crippen molar-refractivity contribution in [2.75, 3.05) is 17.7 Å². The number of allylic oxidation sites excluding steroid dienone is 1. The van der Waals surface area contributed by atoms with Crippen LogP contribution in [0.15, 0.2) is 58.1 Å². The fourth-order valence-corrected chi connectivity index (χ4v) is 4.06. The molecule has 2 N–H and O–H groups in total. The lowest BCUT2D eigenvalue weighted by Crippen LogP contribution is -2.31. The Balaban J connectivity index is 2.15. The Labute approximate surface area is 178 Å². The van der Waals surface area contributed by atoms with Gasteiger partial charge >= 0.3 is 5.97 Å². The van der Waals surface area contributed by atoms with E-state index in [2.05, 4.69) is 35.7 Å². The molecular formula is C22H24FN3O3S. The molecular weight excluding hydrogens is 405 g/mol. The molecule has 0 amide bonds. The Morgan fingerprint density at radius 3 is 2.87 bits per heavy atom. The number of thioether (sulfide) groups is 1. The molecule has 3 rings (SSSR count). The van der Waals surface area contributed by atoms with Crippen molar-refractivity contribution in [2.45, 2.75) is 31.8 Å². The van der Waals surface area contributed by atoms with Gasteiger partial charge in [-0.3, -0.25) is 4.79 Å². The molecule has 0 aliphatic carbocycles. The molecule has 6 nitrogen and oxygen atoms in total. The first-order valence-electron chi connectivity index (χ1n) is 9.60. The number of hydrogen-bond donors (Lipinski definition) is 2. The van der Waals surface area contributed by atoms with Gasteiger partial charge in [-0.25, -0.2) is 14.2 Å². The normalized spacial score (nSPS) is 15.6. The van der Waals surface area contributed by atoms with Crippen molar-refractivity contribution < 1.29 is 13.9 Å². The van der Waals surface area contributed by atoms with Crippen LogP contribution in [0.1, 0.15) is 37.8 Å². The second kappa shape index (κ2) is 9.30. The highest BCUT2D eigenvalue weighted by molar-refractivity contribution is 7.99. The van der Waals surface area contributed by atoms with Gasteiger partial charge in [0.15, 0.2) is 5.16 Å². The van der Waals surface area contributed by atoms with Crippen LogP contribution in [0, 0.1) is 11.7 Å². The number of carbonyl (C=O) groups excluding carboxylic acids is 1. The molecule has 2 aromatic rings.